The second-order valence-corrected chi connectivity index (χ2v) is 5.85. The summed E-state index contributed by atoms with van der Waals surface area (Å²) in [7, 11) is 0. The molecule has 22 heavy (non-hydrogen) atoms. The molecule has 0 aromatic heterocycles. The van der Waals surface area contributed by atoms with Crippen molar-refractivity contribution >= 4 is 29.3 Å². The molecule has 2 aromatic carbocycles. The summed E-state index contributed by atoms with van der Waals surface area (Å²) >= 11 is 1.57. The molecule has 0 aliphatic heterocycles. The van der Waals surface area contributed by atoms with Gasteiger partial charge in [-0.05, 0) is 23.3 Å². The number of anilines is 1. The predicted octanol–water partition coefficient (Wildman–Crippen LogP) is 2.59. The summed E-state index contributed by atoms with van der Waals surface area (Å²) in [6.07, 6.45) is 0.209. The van der Waals surface area contributed by atoms with Gasteiger partial charge in [-0.3, -0.25) is 9.59 Å². The van der Waals surface area contributed by atoms with Crippen molar-refractivity contribution in [2.45, 2.75) is 12.2 Å². The Morgan fingerprint density at radius 3 is 2.27 bits per heavy atom. The van der Waals surface area contributed by atoms with Crippen LogP contribution in [0.4, 0.5) is 5.69 Å². The molecular formula is C17H18N2O2S. The second-order valence-electron chi connectivity index (χ2n) is 4.87. The molecule has 2 amide bonds. The van der Waals surface area contributed by atoms with Crippen LogP contribution < -0.4 is 11.1 Å². The Morgan fingerprint density at radius 1 is 0.955 bits per heavy atom. The fraction of sp³-hybridized carbons (Fsp3) is 0.176. The third kappa shape index (κ3) is 5.61. The van der Waals surface area contributed by atoms with Crippen molar-refractivity contribution in [2.75, 3.05) is 11.1 Å². The summed E-state index contributed by atoms with van der Waals surface area (Å²) in [5.74, 6) is 0.807. The van der Waals surface area contributed by atoms with E-state index in [1.807, 2.05) is 30.3 Å². The maximum atomic E-state index is 11.9. The topological polar surface area (TPSA) is 72.2 Å². The van der Waals surface area contributed by atoms with Gasteiger partial charge in [-0.2, -0.15) is 0 Å². The Kier molecular flexibility index (Phi) is 6.03. The molecular weight excluding hydrogens is 296 g/mol. The van der Waals surface area contributed by atoms with Gasteiger partial charge in [0.2, 0.25) is 11.8 Å². The number of nitrogens with two attached hydrogens (primary N) is 1. The van der Waals surface area contributed by atoms with Crippen molar-refractivity contribution in [1.82, 2.24) is 0 Å². The van der Waals surface area contributed by atoms with Gasteiger partial charge in [0.05, 0.1) is 12.2 Å². The standard InChI is InChI=1S/C17H18N2O2S/c18-16(20)10-13-6-8-15(9-7-13)19-17(21)12-22-11-14-4-2-1-3-5-14/h1-9H,10-12H2,(H2,18,20)(H,19,21). The zero-order valence-electron chi connectivity index (χ0n) is 12.1. The van der Waals surface area contributed by atoms with Crippen molar-refractivity contribution in [1.29, 1.82) is 0 Å². The first-order valence-corrected chi connectivity index (χ1v) is 8.08. The van der Waals surface area contributed by atoms with E-state index in [0.717, 1.165) is 17.0 Å². The molecule has 4 nitrogen and oxygen atoms in total. The van der Waals surface area contributed by atoms with Crippen LogP contribution in [0.25, 0.3) is 0 Å². The van der Waals surface area contributed by atoms with E-state index in [1.54, 1.807) is 36.0 Å². The fourth-order valence-corrected chi connectivity index (χ4v) is 2.73. The lowest BCUT2D eigenvalue weighted by atomic mass is 10.1. The normalized spacial score (nSPS) is 10.2. The van der Waals surface area contributed by atoms with Gasteiger partial charge >= 0.3 is 0 Å². The molecule has 5 heteroatoms. The summed E-state index contributed by atoms with van der Waals surface area (Å²) in [4.78, 5) is 22.7. The van der Waals surface area contributed by atoms with Crippen LogP contribution in [0.5, 0.6) is 0 Å². The van der Waals surface area contributed by atoms with E-state index in [0.29, 0.717) is 5.75 Å². The molecule has 3 N–H and O–H groups in total. The van der Waals surface area contributed by atoms with E-state index in [1.165, 1.54) is 5.56 Å². The van der Waals surface area contributed by atoms with Gasteiger partial charge < -0.3 is 11.1 Å². The summed E-state index contributed by atoms with van der Waals surface area (Å²) in [5.41, 5.74) is 7.90. The number of carbonyl (C=O) groups is 2. The minimum atomic E-state index is -0.367. The SMILES string of the molecule is NC(=O)Cc1ccc(NC(=O)CSCc2ccccc2)cc1. The first-order valence-electron chi connectivity index (χ1n) is 6.92. The Hall–Kier alpha value is -2.27. The Morgan fingerprint density at radius 2 is 1.64 bits per heavy atom. The van der Waals surface area contributed by atoms with E-state index in [2.05, 4.69) is 5.32 Å². The summed E-state index contributed by atoms with van der Waals surface area (Å²) < 4.78 is 0. The zero-order chi connectivity index (χ0) is 15.8. The molecule has 114 valence electrons. The van der Waals surface area contributed by atoms with Crippen LogP contribution in [-0.2, 0) is 21.8 Å². The van der Waals surface area contributed by atoms with Crippen LogP contribution in [-0.4, -0.2) is 17.6 Å². The summed E-state index contributed by atoms with van der Waals surface area (Å²) in [6.45, 7) is 0. The number of amides is 2. The lowest BCUT2D eigenvalue weighted by molar-refractivity contribution is -0.117. The van der Waals surface area contributed by atoms with Crippen LogP contribution in [0, 0.1) is 0 Å². The highest BCUT2D eigenvalue weighted by Gasteiger charge is 2.04. The number of hydrogen-bond acceptors (Lipinski definition) is 3. The monoisotopic (exact) mass is 314 g/mol. The van der Waals surface area contributed by atoms with Crippen molar-refractivity contribution in [2.24, 2.45) is 5.73 Å². The van der Waals surface area contributed by atoms with Gasteiger partial charge in [0.25, 0.3) is 0 Å². The summed E-state index contributed by atoms with van der Waals surface area (Å²) in [6, 6.07) is 17.2. The molecule has 0 heterocycles. The molecule has 0 radical (unpaired) electrons. The quantitative estimate of drug-likeness (QED) is 0.825. The van der Waals surface area contributed by atoms with E-state index < -0.39 is 0 Å². The van der Waals surface area contributed by atoms with E-state index in [9.17, 15) is 9.59 Å². The Labute approximate surface area is 134 Å². The molecule has 0 saturated carbocycles. The molecule has 0 aliphatic carbocycles. The zero-order valence-corrected chi connectivity index (χ0v) is 12.9. The van der Waals surface area contributed by atoms with E-state index >= 15 is 0 Å². The summed E-state index contributed by atoms with van der Waals surface area (Å²) in [5, 5.41) is 2.83. The highest BCUT2D eigenvalue weighted by molar-refractivity contribution is 7.99. The Bertz CT molecular complexity index is 627. The van der Waals surface area contributed by atoms with Crippen LogP contribution >= 0.6 is 11.8 Å². The number of thioether (sulfide) groups is 1. The molecule has 2 rings (SSSR count). The second kappa shape index (κ2) is 8.24. The van der Waals surface area contributed by atoms with E-state index in [4.69, 9.17) is 5.73 Å². The van der Waals surface area contributed by atoms with Gasteiger partial charge in [0.1, 0.15) is 0 Å². The number of carbonyl (C=O) groups excluding carboxylic acids is 2. The van der Waals surface area contributed by atoms with Crippen molar-refractivity contribution < 1.29 is 9.59 Å². The van der Waals surface area contributed by atoms with Gasteiger partial charge in [0, 0.05) is 11.4 Å². The van der Waals surface area contributed by atoms with Gasteiger partial charge in [-0.15, -0.1) is 11.8 Å². The Balaban J connectivity index is 1.75. The predicted molar refractivity (Wildman–Crippen MR) is 90.6 cm³/mol. The smallest absolute Gasteiger partial charge is 0.234 e. The molecule has 0 fully saturated rings. The fourth-order valence-electron chi connectivity index (χ4n) is 1.94. The number of hydrogen-bond donors (Lipinski definition) is 2. The molecule has 0 spiro atoms. The average Bonchev–Trinajstić information content (AvgIpc) is 2.50. The van der Waals surface area contributed by atoms with Gasteiger partial charge in [-0.25, -0.2) is 0 Å². The van der Waals surface area contributed by atoms with Crippen LogP contribution in [0.1, 0.15) is 11.1 Å². The van der Waals surface area contributed by atoms with Crippen molar-refractivity contribution in [3.05, 3.63) is 65.7 Å². The molecule has 0 atom stereocenters. The largest absolute Gasteiger partial charge is 0.369 e. The van der Waals surface area contributed by atoms with Gasteiger partial charge in [0.15, 0.2) is 0 Å². The first-order chi connectivity index (χ1) is 10.6. The highest BCUT2D eigenvalue weighted by Crippen LogP contribution is 2.14. The van der Waals surface area contributed by atoms with Crippen LogP contribution in [0.3, 0.4) is 0 Å². The van der Waals surface area contributed by atoms with Crippen LogP contribution in [0.2, 0.25) is 0 Å². The maximum absolute atomic E-state index is 11.9. The molecule has 0 unspecified atom stereocenters. The lowest BCUT2D eigenvalue weighted by Gasteiger charge is -2.06. The third-order valence-electron chi connectivity index (χ3n) is 2.96. The third-order valence-corrected chi connectivity index (χ3v) is 3.96. The van der Waals surface area contributed by atoms with Crippen molar-refractivity contribution in [3.63, 3.8) is 0 Å². The van der Waals surface area contributed by atoms with Crippen molar-refractivity contribution in [3.8, 4) is 0 Å². The molecule has 2 aromatic rings. The number of rotatable bonds is 7. The van der Waals surface area contributed by atoms with E-state index in [-0.39, 0.29) is 18.2 Å². The highest BCUT2D eigenvalue weighted by atomic mass is 32.2. The number of nitrogens with one attached hydrogen (secondary N) is 1. The van der Waals surface area contributed by atoms with Gasteiger partial charge in [-0.1, -0.05) is 42.5 Å². The average molecular weight is 314 g/mol. The molecule has 0 bridgehead atoms. The number of primary amides is 1. The van der Waals surface area contributed by atoms with Crippen LogP contribution in [0.15, 0.2) is 54.6 Å². The minimum Gasteiger partial charge on any atom is -0.369 e. The molecule has 0 aliphatic rings. The minimum absolute atomic E-state index is 0.0383. The first kappa shape index (κ1) is 16.1. The maximum Gasteiger partial charge on any atom is 0.234 e. The number of benzene rings is 2. The lowest BCUT2D eigenvalue weighted by Crippen LogP contribution is -2.15. The molecule has 0 saturated heterocycles.